The summed E-state index contributed by atoms with van der Waals surface area (Å²) < 4.78 is 6.09. The summed E-state index contributed by atoms with van der Waals surface area (Å²) in [7, 11) is 0. The molecule has 1 aliphatic carbocycles. The topological polar surface area (TPSA) is 62.1 Å². The third-order valence-electron chi connectivity index (χ3n) is 5.09. The van der Waals surface area contributed by atoms with E-state index in [4.69, 9.17) is 21.6 Å². The molecule has 0 aliphatic heterocycles. The Hall–Kier alpha value is -2.51. The van der Waals surface area contributed by atoms with Crippen LogP contribution in [0.5, 0.6) is 5.75 Å². The Balaban J connectivity index is 1.56. The van der Waals surface area contributed by atoms with Gasteiger partial charge >= 0.3 is 0 Å². The van der Waals surface area contributed by atoms with Gasteiger partial charge in [0.25, 0.3) is 5.91 Å². The van der Waals surface area contributed by atoms with Crippen molar-refractivity contribution >= 4 is 17.5 Å². The van der Waals surface area contributed by atoms with Gasteiger partial charge in [0.15, 0.2) is 0 Å². The van der Waals surface area contributed by atoms with Gasteiger partial charge in [-0.05, 0) is 56.4 Å². The lowest BCUT2D eigenvalue weighted by Crippen LogP contribution is -2.43. The lowest BCUT2D eigenvalue weighted by Gasteiger charge is -2.34. The van der Waals surface area contributed by atoms with E-state index in [1.54, 1.807) is 18.2 Å². The van der Waals surface area contributed by atoms with Crippen LogP contribution >= 0.6 is 11.6 Å². The average Bonchev–Trinajstić information content (AvgIpc) is 2.64. The van der Waals surface area contributed by atoms with E-state index in [-0.39, 0.29) is 18.1 Å². The van der Waals surface area contributed by atoms with Crippen molar-refractivity contribution in [3.63, 3.8) is 0 Å². The molecular weight excluding hydrogens is 360 g/mol. The fraction of sp³-hybridized carbons (Fsp3) is 0.364. The van der Waals surface area contributed by atoms with Gasteiger partial charge in [-0.1, -0.05) is 36.2 Å². The molecule has 2 aromatic rings. The highest BCUT2D eigenvalue weighted by Crippen LogP contribution is 2.30. The van der Waals surface area contributed by atoms with Crippen LogP contribution in [0.4, 0.5) is 0 Å². The standard InChI is InChI=1S/C22H23ClN2O2/c1-14-3-5-16(6-4-14)22(26)25-18-8-10-21(15(2)11-18)27-19-9-7-17(13-24)20(23)12-19/h3-7,9,12,15,18,21H,8,10-11H2,1-2H3,(H,25,26)/t15-,18+,21+/m0/s1. The first-order valence-electron chi connectivity index (χ1n) is 9.20. The Bertz CT molecular complexity index is 858. The van der Waals surface area contributed by atoms with E-state index in [2.05, 4.69) is 12.2 Å². The van der Waals surface area contributed by atoms with Gasteiger partial charge in [0.1, 0.15) is 17.9 Å². The molecule has 0 spiro atoms. The van der Waals surface area contributed by atoms with Crippen LogP contribution in [0.3, 0.4) is 0 Å². The van der Waals surface area contributed by atoms with Gasteiger partial charge in [-0.2, -0.15) is 5.26 Å². The van der Waals surface area contributed by atoms with E-state index in [1.807, 2.05) is 37.3 Å². The van der Waals surface area contributed by atoms with Crippen LogP contribution in [0.1, 0.15) is 47.7 Å². The second-order valence-corrected chi connectivity index (χ2v) is 7.64. The number of carbonyl (C=O) groups excluding carboxylic acids is 1. The molecule has 1 amide bonds. The van der Waals surface area contributed by atoms with E-state index < -0.39 is 0 Å². The lowest BCUT2D eigenvalue weighted by molar-refractivity contribution is 0.0761. The molecule has 0 heterocycles. The SMILES string of the molecule is Cc1ccc(C(=O)N[C@@H]2CC[C@@H](Oc3ccc(C#N)c(Cl)c3)[C@@H](C)C2)cc1. The largest absolute Gasteiger partial charge is 0.490 e. The highest BCUT2D eigenvalue weighted by Gasteiger charge is 2.30. The minimum Gasteiger partial charge on any atom is -0.490 e. The maximum absolute atomic E-state index is 12.4. The van der Waals surface area contributed by atoms with Crippen molar-refractivity contribution in [2.75, 3.05) is 0 Å². The molecule has 1 fully saturated rings. The summed E-state index contributed by atoms with van der Waals surface area (Å²) in [6, 6.07) is 15.0. The molecule has 1 aliphatic rings. The number of rotatable bonds is 4. The van der Waals surface area contributed by atoms with E-state index in [0.29, 0.717) is 27.8 Å². The Kier molecular flexibility index (Phi) is 6.03. The zero-order valence-corrected chi connectivity index (χ0v) is 16.3. The molecule has 0 aromatic heterocycles. The number of nitriles is 1. The highest BCUT2D eigenvalue weighted by atomic mass is 35.5. The normalized spacial score (nSPS) is 21.9. The molecule has 1 saturated carbocycles. The maximum Gasteiger partial charge on any atom is 0.251 e. The summed E-state index contributed by atoms with van der Waals surface area (Å²) in [6.45, 7) is 4.14. The van der Waals surface area contributed by atoms with Gasteiger partial charge < -0.3 is 10.1 Å². The number of benzene rings is 2. The fourth-order valence-electron chi connectivity index (χ4n) is 3.48. The lowest BCUT2D eigenvalue weighted by atomic mass is 9.84. The highest BCUT2D eigenvalue weighted by molar-refractivity contribution is 6.31. The first-order valence-corrected chi connectivity index (χ1v) is 9.58. The number of hydrogen-bond acceptors (Lipinski definition) is 3. The average molecular weight is 383 g/mol. The molecule has 0 unspecified atom stereocenters. The van der Waals surface area contributed by atoms with Crippen LogP contribution in [0.15, 0.2) is 42.5 Å². The van der Waals surface area contributed by atoms with Gasteiger partial charge in [0.05, 0.1) is 10.6 Å². The zero-order valence-electron chi connectivity index (χ0n) is 15.5. The molecule has 3 rings (SSSR count). The van der Waals surface area contributed by atoms with Crippen LogP contribution in [-0.2, 0) is 0 Å². The molecule has 0 bridgehead atoms. The summed E-state index contributed by atoms with van der Waals surface area (Å²) in [5, 5.41) is 12.5. The number of amides is 1. The van der Waals surface area contributed by atoms with Crippen LogP contribution in [0.25, 0.3) is 0 Å². The molecule has 2 aromatic carbocycles. The Morgan fingerprint density at radius 2 is 1.96 bits per heavy atom. The van der Waals surface area contributed by atoms with Gasteiger partial charge in [0.2, 0.25) is 0 Å². The number of nitrogens with zero attached hydrogens (tertiary/aromatic N) is 1. The van der Waals surface area contributed by atoms with Crippen molar-refractivity contribution < 1.29 is 9.53 Å². The molecule has 0 saturated heterocycles. The van der Waals surface area contributed by atoms with Gasteiger partial charge in [-0.15, -0.1) is 0 Å². The molecular formula is C22H23ClN2O2. The third-order valence-corrected chi connectivity index (χ3v) is 5.40. The second kappa shape index (κ2) is 8.45. The summed E-state index contributed by atoms with van der Waals surface area (Å²) in [6.07, 6.45) is 2.67. The van der Waals surface area contributed by atoms with E-state index >= 15 is 0 Å². The Labute approximate surface area is 165 Å². The number of carbonyl (C=O) groups is 1. The van der Waals surface area contributed by atoms with Crippen molar-refractivity contribution in [3.05, 3.63) is 64.2 Å². The Morgan fingerprint density at radius 1 is 1.22 bits per heavy atom. The van der Waals surface area contributed by atoms with Crippen molar-refractivity contribution in [2.24, 2.45) is 5.92 Å². The molecule has 0 radical (unpaired) electrons. The van der Waals surface area contributed by atoms with Crippen LogP contribution < -0.4 is 10.1 Å². The summed E-state index contributed by atoms with van der Waals surface area (Å²) >= 11 is 6.08. The van der Waals surface area contributed by atoms with Crippen molar-refractivity contribution in [1.82, 2.24) is 5.32 Å². The molecule has 4 nitrogen and oxygen atoms in total. The van der Waals surface area contributed by atoms with Crippen LogP contribution in [-0.4, -0.2) is 18.1 Å². The van der Waals surface area contributed by atoms with E-state index in [9.17, 15) is 4.79 Å². The quantitative estimate of drug-likeness (QED) is 0.819. The van der Waals surface area contributed by atoms with Crippen LogP contribution in [0, 0.1) is 24.2 Å². The number of aryl methyl sites for hydroxylation is 1. The zero-order chi connectivity index (χ0) is 19.4. The summed E-state index contributed by atoms with van der Waals surface area (Å²) in [5.74, 6) is 0.958. The minimum atomic E-state index is -0.0227. The number of nitrogens with one attached hydrogen (secondary N) is 1. The monoisotopic (exact) mass is 382 g/mol. The van der Waals surface area contributed by atoms with Crippen molar-refractivity contribution in [2.45, 2.75) is 45.3 Å². The van der Waals surface area contributed by atoms with Gasteiger partial charge in [-0.3, -0.25) is 4.79 Å². The molecule has 1 N–H and O–H groups in total. The van der Waals surface area contributed by atoms with Crippen molar-refractivity contribution in [3.8, 4) is 11.8 Å². The summed E-state index contributed by atoms with van der Waals surface area (Å²) in [4.78, 5) is 12.4. The fourth-order valence-corrected chi connectivity index (χ4v) is 3.70. The predicted molar refractivity (Wildman–Crippen MR) is 106 cm³/mol. The van der Waals surface area contributed by atoms with Crippen LogP contribution in [0.2, 0.25) is 5.02 Å². The minimum absolute atomic E-state index is 0.0227. The Morgan fingerprint density at radius 3 is 2.59 bits per heavy atom. The number of ether oxygens (including phenoxy) is 1. The van der Waals surface area contributed by atoms with Gasteiger partial charge in [0, 0.05) is 17.7 Å². The third kappa shape index (κ3) is 4.81. The van der Waals surface area contributed by atoms with Crippen molar-refractivity contribution in [1.29, 1.82) is 5.26 Å². The summed E-state index contributed by atoms with van der Waals surface area (Å²) in [5.41, 5.74) is 2.28. The second-order valence-electron chi connectivity index (χ2n) is 7.24. The molecule has 27 heavy (non-hydrogen) atoms. The first-order chi connectivity index (χ1) is 13.0. The number of hydrogen-bond donors (Lipinski definition) is 1. The molecule has 3 atom stereocenters. The number of halogens is 1. The van der Waals surface area contributed by atoms with Gasteiger partial charge in [-0.25, -0.2) is 0 Å². The smallest absolute Gasteiger partial charge is 0.251 e. The molecule has 140 valence electrons. The van der Waals surface area contributed by atoms with E-state index in [1.165, 1.54) is 0 Å². The maximum atomic E-state index is 12.4. The first kappa shape index (κ1) is 19.3. The van der Waals surface area contributed by atoms with E-state index in [0.717, 1.165) is 24.8 Å². The molecule has 5 heteroatoms. The predicted octanol–water partition coefficient (Wildman–Crippen LogP) is 4.89.